The highest BCUT2D eigenvalue weighted by Crippen LogP contribution is 2.30. The number of hydrogen-bond acceptors (Lipinski definition) is 3. The van der Waals surface area contributed by atoms with E-state index >= 15 is 0 Å². The summed E-state index contributed by atoms with van der Waals surface area (Å²) in [5.41, 5.74) is 0.427. The lowest BCUT2D eigenvalue weighted by atomic mass is 9.83. The Hall–Kier alpha value is -0.830. The van der Waals surface area contributed by atoms with E-state index in [1.807, 2.05) is 0 Å². The molecule has 1 aliphatic carbocycles. The molecular formula is C14H24O3. The van der Waals surface area contributed by atoms with Gasteiger partial charge in [0.25, 0.3) is 0 Å². The molecule has 1 fully saturated rings. The van der Waals surface area contributed by atoms with Gasteiger partial charge in [-0.15, -0.1) is 0 Å². The van der Waals surface area contributed by atoms with E-state index in [1.54, 1.807) is 13.8 Å². The lowest BCUT2D eigenvalue weighted by molar-refractivity contribution is -0.149. The third-order valence-electron chi connectivity index (χ3n) is 3.36. The fourth-order valence-electron chi connectivity index (χ4n) is 2.42. The Labute approximate surface area is 104 Å². The van der Waals surface area contributed by atoms with Gasteiger partial charge in [0.15, 0.2) is 0 Å². The predicted octanol–water partition coefficient (Wildman–Crippen LogP) is 2.83. The molecule has 0 heterocycles. The molecule has 0 aliphatic heterocycles. The van der Waals surface area contributed by atoms with Crippen molar-refractivity contribution in [1.82, 2.24) is 0 Å². The van der Waals surface area contributed by atoms with Crippen LogP contribution >= 0.6 is 0 Å². The average Bonchev–Trinajstić information content (AvgIpc) is 2.28. The zero-order chi connectivity index (χ0) is 12.8. The summed E-state index contributed by atoms with van der Waals surface area (Å²) in [6.07, 6.45) is 5.81. The molecular weight excluding hydrogens is 216 g/mol. The molecule has 0 aromatic heterocycles. The van der Waals surface area contributed by atoms with Crippen LogP contribution in [0.5, 0.6) is 0 Å². The smallest absolute Gasteiger partial charge is 0.333 e. The van der Waals surface area contributed by atoms with E-state index in [4.69, 9.17) is 4.74 Å². The van der Waals surface area contributed by atoms with Gasteiger partial charge in [-0.3, -0.25) is 0 Å². The summed E-state index contributed by atoms with van der Waals surface area (Å²) in [5.74, 6) is 0.0721. The first-order valence-electron chi connectivity index (χ1n) is 6.55. The quantitative estimate of drug-likeness (QED) is 0.593. The van der Waals surface area contributed by atoms with Gasteiger partial charge < -0.3 is 9.84 Å². The number of rotatable bonds is 5. The fraction of sp³-hybridized carbons (Fsp3) is 0.786. The minimum atomic E-state index is -0.431. The molecule has 0 bridgehead atoms. The minimum absolute atomic E-state index is 0.153. The maximum Gasteiger partial charge on any atom is 0.333 e. The third-order valence-corrected chi connectivity index (χ3v) is 3.36. The van der Waals surface area contributed by atoms with Crippen LogP contribution in [0.2, 0.25) is 0 Å². The van der Waals surface area contributed by atoms with Gasteiger partial charge in [-0.25, -0.2) is 4.79 Å². The van der Waals surface area contributed by atoms with E-state index in [2.05, 4.69) is 6.58 Å². The number of carbonyl (C=O) groups excluding carboxylic acids is 1. The number of hydrogen-bond donors (Lipinski definition) is 1. The largest absolute Gasteiger partial charge is 0.459 e. The molecule has 0 amide bonds. The summed E-state index contributed by atoms with van der Waals surface area (Å²) in [4.78, 5) is 11.6. The summed E-state index contributed by atoms with van der Waals surface area (Å²) in [6, 6.07) is 0. The van der Waals surface area contributed by atoms with Crippen LogP contribution in [0, 0.1) is 5.92 Å². The maximum absolute atomic E-state index is 11.6. The summed E-state index contributed by atoms with van der Waals surface area (Å²) in [6.45, 7) is 6.99. The van der Waals surface area contributed by atoms with Crippen LogP contribution in [0.4, 0.5) is 0 Å². The van der Waals surface area contributed by atoms with Gasteiger partial charge in [-0.2, -0.15) is 0 Å². The first-order valence-corrected chi connectivity index (χ1v) is 6.55. The topological polar surface area (TPSA) is 46.5 Å². The van der Waals surface area contributed by atoms with E-state index in [-0.39, 0.29) is 12.1 Å². The van der Waals surface area contributed by atoms with Crippen LogP contribution in [-0.4, -0.2) is 23.3 Å². The van der Waals surface area contributed by atoms with Crippen molar-refractivity contribution in [3.8, 4) is 0 Å². The van der Waals surface area contributed by atoms with E-state index in [0.717, 1.165) is 12.8 Å². The van der Waals surface area contributed by atoms with Crippen LogP contribution in [0.15, 0.2) is 12.2 Å². The average molecular weight is 240 g/mol. The number of aliphatic hydroxyl groups excluding tert-OH is 1. The van der Waals surface area contributed by atoms with E-state index in [0.29, 0.717) is 17.9 Å². The molecule has 0 radical (unpaired) electrons. The summed E-state index contributed by atoms with van der Waals surface area (Å²) in [5, 5.41) is 9.49. The lowest BCUT2D eigenvalue weighted by Crippen LogP contribution is -2.31. The normalized spacial score (nSPS) is 20.6. The number of carbonyl (C=O) groups is 1. The molecule has 3 heteroatoms. The lowest BCUT2D eigenvalue weighted by Gasteiger charge is -2.30. The number of esters is 1. The Kier molecular flexibility index (Phi) is 5.69. The molecule has 2 atom stereocenters. The highest BCUT2D eigenvalue weighted by atomic mass is 16.5. The van der Waals surface area contributed by atoms with Crippen molar-refractivity contribution in [1.29, 1.82) is 0 Å². The highest BCUT2D eigenvalue weighted by molar-refractivity contribution is 5.87. The van der Waals surface area contributed by atoms with Crippen molar-refractivity contribution in [2.24, 2.45) is 5.92 Å². The Morgan fingerprint density at radius 3 is 2.47 bits per heavy atom. The maximum atomic E-state index is 11.6. The molecule has 1 rings (SSSR count). The first kappa shape index (κ1) is 14.2. The molecule has 1 N–H and O–H groups in total. The summed E-state index contributed by atoms with van der Waals surface area (Å²) >= 11 is 0. The fourth-order valence-corrected chi connectivity index (χ4v) is 2.42. The second-order valence-corrected chi connectivity index (χ2v) is 5.21. The molecule has 3 nitrogen and oxygen atoms in total. The zero-order valence-electron chi connectivity index (χ0n) is 10.9. The van der Waals surface area contributed by atoms with Crippen LogP contribution in [0.1, 0.15) is 52.4 Å². The Morgan fingerprint density at radius 2 is 2.00 bits per heavy atom. The van der Waals surface area contributed by atoms with Gasteiger partial charge in [0.2, 0.25) is 0 Å². The molecule has 0 aromatic rings. The number of ether oxygens (including phenoxy) is 1. The first-order chi connectivity index (χ1) is 8.00. The molecule has 1 saturated carbocycles. The van der Waals surface area contributed by atoms with Crippen LogP contribution in [-0.2, 0) is 9.53 Å². The molecule has 0 aromatic carbocycles. The van der Waals surface area contributed by atoms with Crippen molar-refractivity contribution in [3.63, 3.8) is 0 Å². The highest BCUT2D eigenvalue weighted by Gasteiger charge is 2.28. The van der Waals surface area contributed by atoms with Crippen molar-refractivity contribution >= 4 is 5.97 Å². The van der Waals surface area contributed by atoms with Gasteiger partial charge in [0.1, 0.15) is 6.10 Å². The molecule has 98 valence electrons. The van der Waals surface area contributed by atoms with Gasteiger partial charge in [-0.1, -0.05) is 25.8 Å². The Bertz CT molecular complexity index is 265. The predicted molar refractivity (Wildman–Crippen MR) is 67.6 cm³/mol. The summed E-state index contributed by atoms with van der Waals surface area (Å²) in [7, 11) is 0. The van der Waals surface area contributed by atoms with E-state index in [9.17, 15) is 9.90 Å². The molecule has 0 saturated heterocycles. The molecule has 1 aliphatic rings. The van der Waals surface area contributed by atoms with Crippen molar-refractivity contribution in [3.05, 3.63) is 12.2 Å². The van der Waals surface area contributed by atoms with Gasteiger partial charge in [-0.05, 0) is 32.6 Å². The van der Waals surface area contributed by atoms with E-state index in [1.165, 1.54) is 19.3 Å². The standard InChI is InChI=1S/C14H24O3/c1-10(2)14(16)17-13(9-11(3)15)12-7-5-4-6-8-12/h11-13,15H,1,4-9H2,2-3H3. The van der Waals surface area contributed by atoms with Crippen LogP contribution < -0.4 is 0 Å². The van der Waals surface area contributed by atoms with Crippen LogP contribution in [0.25, 0.3) is 0 Å². The van der Waals surface area contributed by atoms with Gasteiger partial charge in [0, 0.05) is 12.0 Å². The second kappa shape index (κ2) is 6.80. The van der Waals surface area contributed by atoms with Gasteiger partial charge in [0.05, 0.1) is 6.10 Å². The van der Waals surface area contributed by atoms with Crippen molar-refractivity contribution < 1.29 is 14.6 Å². The SMILES string of the molecule is C=C(C)C(=O)OC(CC(C)O)C1CCCCC1. The van der Waals surface area contributed by atoms with Crippen molar-refractivity contribution in [2.75, 3.05) is 0 Å². The third kappa shape index (κ3) is 4.90. The molecule has 0 spiro atoms. The molecule has 17 heavy (non-hydrogen) atoms. The van der Waals surface area contributed by atoms with Crippen molar-refractivity contribution in [2.45, 2.75) is 64.6 Å². The number of aliphatic hydroxyl groups is 1. The van der Waals surface area contributed by atoms with Gasteiger partial charge >= 0.3 is 5.97 Å². The molecule has 2 unspecified atom stereocenters. The Balaban J connectivity index is 2.58. The second-order valence-electron chi connectivity index (χ2n) is 5.21. The van der Waals surface area contributed by atoms with E-state index < -0.39 is 6.10 Å². The van der Waals surface area contributed by atoms with Crippen LogP contribution in [0.3, 0.4) is 0 Å². The Morgan fingerprint density at radius 1 is 1.41 bits per heavy atom. The monoisotopic (exact) mass is 240 g/mol. The minimum Gasteiger partial charge on any atom is -0.459 e. The zero-order valence-corrected chi connectivity index (χ0v) is 10.9. The summed E-state index contributed by atoms with van der Waals surface area (Å²) < 4.78 is 5.46.